The highest BCUT2D eigenvalue weighted by Crippen LogP contribution is 2.46. The molecule has 1 fully saturated rings. The molecule has 3 heterocycles. The molecule has 1 aromatic carbocycles. The summed E-state index contributed by atoms with van der Waals surface area (Å²) in [7, 11) is -0.641. The van der Waals surface area contributed by atoms with E-state index in [1.165, 1.54) is 6.33 Å². The summed E-state index contributed by atoms with van der Waals surface area (Å²) in [4.78, 5) is 10.6. The predicted octanol–water partition coefficient (Wildman–Crippen LogP) is 1.89. The zero-order valence-corrected chi connectivity index (χ0v) is 15.9. The van der Waals surface area contributed by atoms with Crippen LogP contribution in [0.2, 0.25) is 5.15 Å². The van der Waals surface area contributed by atoms with Gasteiger partial charge in [-0.25, -0.2) is 9.97 Å². The maximum atomic E-state index is 11.4. The summed E-state index contributed by atoms with van der Waals surface area (Å²) in [5, 5.41) is 0.989. The third kappa shape index (κ3) is 3.72. The number of hydrogen-bond acceptors (Lipinski definition) is 7. The minimum absolute atomic E-state index is 0.339. The SMILES string of the molecule is O=S1CCN(CCCOc2cc3ncnc(Cl)c3c3c2OCCO3)CC1. The van der Waals surface area contributed by atoms with Gasteiger partial charge in [-0.1, -0.05) is 11.6 Å². The van der Waals surface area contributed by atoms with Crippen LogP contribution in [0, 0.1) is 0 Å². The van der Waals surface area contributed by atoms with Gasteiger partial charge in [0.25, 0.3) is 0 Å². The third-order valence-electron chi connectivity index (χ3n) is 4.48. The molecule has 0 bridgehead atoms. The van der Waals surface area contributed by atoms with Crippen LogP contribution >= 0.6 is 11.6 Å². The van der Waals surface area contributed by atoms with E-state index in [9.17, 15) is 4.21 Å². The lowest BCUT2D eigenvalue weighted by Gasteiger charge is -2.26. The van der Waals surface area contributed by atoms with Gasteiger partial charge in [-0.05, 0) is 6.42 Å². The Bertz CT molecular complexity index is 825. The first-order valence-electron chi connectivity index (χ1n) is 8.65. The molecule has 2 aliphatic heterocycles. The molecule has 0 aliphatic carbocycles. The first-order valence-corrected chi connectivity index (χ1v) is 10.5. The Hall–Kier alpha value is -1.64. The highest BCUT2D eigenvalue weighted by atomic mass is 35.5. The van der Waals surface area contributed by atoms with Crippen LogP contribution in [0.25, 0.3) is 10.9 Å². The molecule has 7 nitrogen and oxygen atoms in total. The quantitative estimate of drug-likeness (QED) is 0.563. The van der Waals surface area contributed by atoms with Crippen molar-refractivity contribution >= 4 is 33.3 Å². The van der Waals surface area contributed by atoms with Crippen molar-refractivity contribution < 1.29 is 18.4 Å². The van der Waals surface area contributed by atoms with E-state index in [1.54, 1.807) is 0 Å². The van der Waals surface area contributed by atoms with E-state index in [-0.39, 0.29) is 0 Å². The topological polar surface area (TPSA) is 73.8 Å². The van der Waals surface area contributed by atoms with Gasteiger partial charge in [0.2, 0.25) is 5.75 Å². The average Bonchev–Trinajstić information content (AvgIpc) is 2.66. The van der Waals surface area contributed by atoms with E-state index in [1.807, 2.05) is 6.07 Å². The molecule has 9 heteroatoms. The number of benzene rings is 1. The van der Waals surface area contributed by atoms with Crippen LogP contribution in [-0.2, 0) is 10.8 Å². The van der Waals surface area contributed by atoms with Crippen molar-refractivity contribution in [3.63, 3.8) is 0 Å². The molecule has 0 spiro atoms. The Morgan fingerprint density at radius 1 is 1.19 bits per heavy atom. The highest BCUT2D eigenvalue weighted by Gasteiger charge is 2.24. The third-order valence-corrected chi connectivity index (χ3v) is 6.04. The summed E-state index contributed by atoms with van der Waals surface area (Å²) in [6.07, 6.45) is 2.30. The van der Waals surface area contributed by atoms with Gasteiger partial charge >= 0.3 is 0 Å². The van der Waals surface area contributed by atoms with E-state index < -0.39 is 10.8 Å². The summed E-state index contributed by atoms with van der Waals surface area (Å²) in [6, 6.07) is 1.82. The van der Waals surface area contributed by atoms with Gasteiger partial charge in [0, 0.05) is 48.0 Å². The lowest BCUT2D eigenvalue weighted by Crippen LogP contribution is -2.38. The van der Waals surface area contributed by atoms with Crippen molar-refractivity contribution in [1.29, 1.82) is 0 Å². The highest BCUT2D eigenvalue weighted by molar-refractivity contribution is 7.85. The van der Waals surface area contributed by atoms with Crippen molar-refractivity contribution in [1.82, 2.24) is 14.9 Å². The van der Waals surface area contributed by atoms with Crippen LogP contribution in [-0.4, -0.2) is 70.0 Å². The van der Waals surface area contributed by atoms with Crippen LogP contribution in [0.5, 0.6) is 17.2 Å². The second kappa shape index (κ2) is 7.94. The second-order valence-corrected chi connectivity index (χ2v) is 8.23. The van der Waals surface area contributed by atoms with Crippen LogP contribution < -0.4 is 14.2 Å². The molecule has 2 aliphatic rings. The number of rotatable bonds is 5. The molecule has 26 heavy (non-hydrogen) atoms. The lowest BCUT2D eigenvalue weighted by molar-refractivity contribution is 0.162. The molecular formula is C17H20ClN3O4S. The maximum absolute atomic E-state index is 11.4. The fraction of sp³-hybridized carbons (Fsp3) is 0.529. The number of ether oxygens (including phenoxy) is 3. The normalized spacial score (nSPS) is 18.2. The fourth-order valence-electron chi connectivity index (χ4n) is 3.15. The molecule has 140 valence electrons. The zero-order chi connectivity index (χ0) is 17.9. The van der Waals surface area contributed by atoms with E-state index in [0.29, 0.717) is 53.1 Å². The molecule has 4 rings (SSSR count). The molecule has 0 atom stereocenters. The van der Waals surface area contributed by atoms with Crippen molar-refractivity contribution in [2.45, 2.75) is 6.42 Å². The fourth-order valence-corrected chi connectivity index (χ4v) is 4.50. The van der Waals surface area contributed by atoms with Gasteiger partial charge in [-0.2, -0.15) is 0 Å². The maximum Gasteiger partial charge on any atom is 0.204 e. The Kier molecular flexibility index (Phi) is 5.42. The number of halogens is 1. The Labute approximate surface area is 159 Å². The number of nitrogens with zero attached hydrogens (tertiary/aromatic N) is 3. The molecule has 0 N–H and O–H groups in total. The van der Waals surface area contributed by atoms with E-state index in [4.69, 9.17) is 25.8 Å². The number of aromatic nitrogens is 2. The summed E-state index contributed by atoms with van der Waals surface area (Å²) in [5.74, 6) is 3.26. The van der Waals surface area contributed by atoms with Crippen LogP contribution in [0.15, 0.2) is 12.4 Å². The van der Waals surface area contributed by atoms with Gasteiger partial charge in [0.15, 0.2) is 11.5 Å². The summed E-state index contributed by atoms with van der Waals surface area (Å²) in [6.45, 7) is 4.19. The van der Waals surface area contributed by atoms with Gasteiger partial charge in [0.1, 0.15) is 24.7 Å². The van der Waals surface area contributed by atoms with Gasteiger partial charge < -0.3 is 19.1 Å². The molecular weight excluding hydrogens is 378 g/mol. The minimum atomic E-state index is -0.641. The van der Waals surface area contributed by atoms with Gasteiger partial charge in [-0.3, -0.25) is 4.21 Å². The summed E-state index contributed by atoms with van der Waals surface area (Å²) < 4.78 is 28.9. The van der Waals surface area contributed by atoms with E-state index >= 15 is 0 Å². The average molecular weight is 398 g/mol. The van der Waals surface area contributed by atoms with Crippen molar-refractivity contribution in [3.8, 4) is 17.2 Å². The monoisotopic (exact) mass is 397 g/mol. The van der Waals surface area contributed by atoms with Gasteiger partial charge in [0.05, 0.1) is 17.5 Å². The Morgan fingerprint density at radius 3 is 2.77 bits per heavy atom. The molecule has 0 unspecified atom stereocenters. The molecule has 1 aromatic heterocycles. The summed E-state index contributed by atoms with van der Waals surface area (Å²) in [5.41, 5.74) is 0.669. The predicted molar refractivity (Wildman–Crippen MR) is 100.0 cm³/mol. The molecule has 0 amide bonds. The zero-order valence-electron chi connectivity index (χ0n) is 14.3. The van der Waals surface area contributed by atoms with Crippen molar-refractivity contribution in [3.05, 3.63) is 17.5 Å². The molecule has 0 radical (unpaired) electrons. The minimum Gasteiger partial charge on any atom is -0.489 e. The number of fused-ring (bicyclic) bond motifs is 3. The smallest absolute Gasteiger partial charge is 0.204 e. The van der Waals surface area contributed by atoms with E-state index in [2.05, 4.69) is 14.9 Å². The Morgan fingerprint density at radius 2 is 1.96 bits per heavy atom. The standard InChI is InChI=1S/C17H20ClN3O4S/c18-17-14-12(19-11-20-17)10-13(15-16(14)25-7-6-24-15)23-5-1-2-21-3-8-26(22)9-4-21/h10-11H,1-9H2. The molecule has 1 saturated heterocycles. The van der Waals surface area contributed by atoms with Crippen LogP contribution in [0.3, 0.4) is 0 Å². The summed E-state index contributed by atoms with van der Waals surface area (Å²) >= 11 is 6.21. The van der Waals surface area contributed by atoms with E-state index in [0.717, 1.165) is 37.6 Å². The van der Waals surface area contributed by atoms with Crippen molar-refractivity contribution in [2.24, 2.45) is 0 Å². The first kappa shape index (κ1) is 17.8. The largest absolute Gasteiger partial charge is 0.489 e. The first-order chi connectivity index (χ1) is 12.7. The second-order valence-electron chi connectivity index (χ2n) is 6.18. The molecule has 0 saturated carbocycles. The van der Waals surface area contributed by atoms with Crippen LogP contribution in [0.1, 0.15) is 6.42 Å². The number of hydrogen-bond donors (Lipinski definition) is 0. The molecule has 2 aromatic rings. The van der Waals surface area contributed by atoms with Crippen molar-refractivity contribution in [2.75, 3.05) is 51.0 Å². The Balaban J connectivity index is 1.45. The van der Waals surface area contributed by atoms with Crippen LogP contribution in [0.4, 0.5) is 0 Å². The lowest BCUT2D eigenvalue weighted by atomic mass is 10.2. The van der Waals surface area contributed by atoms with Gasteiger partial charge in [-0.15, -0.1) is 0 Å².